The first-order valence-corrected chi connectivity index (χ1v) is 12.2. The van der Waals surface area contributed by atoms with Crippen LogP contribution in [0, 0.1) is 5.92 Å². The Kier molecular flexibility index (Phi) is 9.22. The lowest BCUT2D eigenvalue weighted by Gasteiger charge is -2.26. The van der Waals surface area contributed by atoms with E-state index < -0.39 is 12.0 Å². The van der Waals surface area contributed by atoms with Crippen molar-refractivity contribution in [2.24, 2.45) is 5.92 Å². The Hall–Kier alpha value is -3.43. The summed E-state index contributed by atoms with van der Waals surface area (Å²) >= 11 is 0. The van der Waals surface area contributed by atoms with E-state index >= 15 is 0 Å². The Morgan fingerprint density at radius 2 is 1.83 bits per heavy atom. The highest BCUT2D eigenvalue weighted by Crippen LogP contribution is 2.20. The standard InChI is InChI=1S/C25H35N5O5/c1-5-34-24(32)21(17(2)3)27-25(33)29(4)16-13-20-26-22(35-28-20)18-9-11-19(12-10-18)23(31)30-14-7-6-8-15-30/h9-12,17,21H,5-8,13-16H2,1-4H3,(H,27,33)/t21-/m0/s1. The van der Waals surface area contributed by atoms with E-state index in [1.165, 1.54) is 11.3 Å². The topological polar surface area (TPSA) is 118 Å². The second-order valence-electron chi connectivity index (χ2n) is 9.04. The number of benzene rings is 1. The molecule has 1 aliphatic rings. The molecule has 1 fully saturated rings. The minimum absolute atomic E-state index is 0.0476. The smallest absolute Gasteiger partial charge is 0.328 e. The van der Waals surface area contributed by atoms with Crippen LogP contribution in [0.1, 0.15) is 56.2 Å². The molecule has 0 unspecified atom stereocenters. The maximum Gasteiger partial charge on any atom is 0.328 e. The number of nitrogens with zero attached hydrogens (tertiary/aromatic N) is 4. The summed E-state index contributed by atoms with van der Waals surface area (Å²) in [6.45, 7) is 7.62. The van der Waals surface area contributed by atoms with E-state index in [9.17, 15) is 14.4 Å². The van der Waals surface area contributed by atoms with E-state index in [4.69, 9.17) is 9.26 Å². The van der Waals surface area contributed by atoms with Crippen LogP contribution >= 0.6 is 0 Å². The summed E-state index contributed by atoms with van der Waals surface area (Å²) in [5.74, 6) is 0.306. The lowest BCUT2D eigenvalue weighted by molar-refractivity contribution is -0.146. The SMILES string of the molecule is CCOC(=O)[C@@H](NC(=O)N(C)CCc1noc(-c2ccc(C(=O)N3CCCCC3)cc2)n1)C(C)C. The van der Waals surface area contributed by atoms with Crippen molar-refractivity contribution in [3.05, 3.63) is 35.7 Å². The molecule has 10 nitrogen and oxygen atoms in total. The number of amides is 3. The molecule has 1 aromatic carbocycles. The first-order chi connectivity index (χ1) is 16.8. The molecule has 0 saturated carbocycles. The van der Waals surface area contributed by atoms with Crippen LogP contribution in [0.2, 0.25) is 0 Å². The highest BCUT2D eigenvalue weighted by atomic mass is 16.5. The predicted octanol–water partition coefficient (Wildman–Crippen LogP) is 3.13. The summed E-state index contributed by atoms with van der Waals surface area (Å²) in [6, 6.07) is 6.07. The first kappa shape index (κ1) is 26.2. The third-order valence-corrected chi connectivity index (χ3v) is 5.99. The van der Waals surface area contributed by atoms with E-state index in [2.05, 4.69) is 15.5 Å². The molecule has 3 amide bonds. The van der Waals surface area contributed by atoms with Crippen LogP contribution in [0.15, 0.2) is 28.8 Å². The van der Waals surface area contributed by atoms with Crippen molar-refractivity contribution in [1.82, 2.24) is 25.3 Å². The van der Waals surface area contributed by atoms with Crippen molar-refractivity contribution >= 4 is 17.9 Å². The molecular formula is C25H35N5O5. The average molecular weight is 486 g/mol. The number of rotatable bonds is 9. The van der Waals surface area contributed by atoms with Gasteiger partial charge in [0, 0.05) is 44.2 Å². The molecule has 1 N–H and O–H groups in total. The third kappa shape index (κ3) is 7.03. The fourth-order valence-electron chi connectivity index (χ4n) is 3.85. The zero-order valence-electron chi connectivity index (χ0n) is 21.0. The molecule has 1 aliphatic heterocycles. The summed E-state index contributed by atoms with van der Waals surface area (Å²) in [4.78, 5) is 45.0. The maximum atomic E-state index is 12.6. The van der Waals surface area contributed by atoms with Crippen molar-refractivity contribution in [2.45, 2.75) is 52.5 Å². The van der Waals surface area contributed by atoms with Crippen LogP contribution in [-0.2, 0) is 16.0 Å². The van der Waals surface area contributed by atoms with Gasteiger partial charge in [0.1, 0.15) is 6.04 Å². The number of piperidine rings is 1. The van der Waals surface area contributed by atoms with Crippen LogP contribution in [0.5, 0.6) is 0 Å². The summed E-state index contributed by atoms with van der Waals surface area (Å²) < 4.78 is 10.4. The molecule has 1 saturated heterocycles. The van der Waals surface area contributed by atoms with E-state index in [1.54, 1.807) is 38.2 Å². The average Bonchev–Trinajstić information content (AvgIpc) is 3.35. The largest absolute Gasteiger partial charge is 0.464 e. The first-order valence-electron chi connectivity index (χ1n) is 12.2. The lowest BCUT2D eigenvalue weighted by atomic mass is 10.1. The van der Waals surface area contributed by atoms with Crippen LogP contribution in [0.25, 0.3) is 11.5 Å². The minimum atomic E-state index is -0.716. The monoisotopic (exact) mass is 485 g/mol. The van der Waals surface area contributed by atoms with Crippen molar-refractivity contribution in [3.8, 4) is 11.5 Å². The van der Waals surface area contributed by atoms with E-state index in [0.29, 0.717) is 30.2 Å². The lowest BCUT2D eigenvalue weighted by Crippen LogP contribution is -2.50. The van der Waals surface area contributed by atoms with Gasteiger partial charge in [0.25, 0.3) is 11.8 Å². The number of ether oxygens (including phenoxy) is 1. The summed E-state index contributed by atoms with van der Waals surface area (Å²) in [5, 5.41) is 6.73. The summed E-state index contributed by atoms with van der Waals surface area (Å²) in [6.07, 6.45) is 3.66. The Morgan fingerprint density at radius 1 is 1.14 bits per heavy atom. The molecule has 0 spiro atoms. The van der Waals surface area contributed by atoms with Gasteiger partial charge in [-0.1, -0.05) is 19.0 Å². The molecule has 0 aliphatic carbocycles. The fourth-order valence-corrected chi connectivity index (χ4v) is 3.85. The van der Waals surface area contributed by atoms with Gasteiger partial charge in [-0.15, -0.1) is 0 Å². The fraction of sp³-hybridized carbons (Fsp3) is 0.560. The molecular weight excluding hydrogens is 450 g/mol. The predicted molar refractivity (Wildman–Crippen MR) is 130 cm³/mol. The highest BCUT2D eigenvalue weighted by molar-refractivity contribution is 5.94. The number of carbonyl (C=O) groups is 3. The number of aromatic nitrogens is 2. The van der Waals surface area contributed by atoms with Gasteiger partial charge in [-0.3, -0.25) is 4.79 Å². The van der Waals surface area contributed by atoms with Crippen molar-refractivity contribution < 1.29 is 23.6 Å². The Morgan fingerprint density at radius 3 is 2.46 bits per heavy atom. The molecule has 0 bridgehead atoms. The van der Waals surface area contributed by atoms with Crippen LogP contribution in [0.3, 0.4) is 0 Å². The highest BCUT2D eigenvalue weighted by Gasteiger charge is 2.26. The number of urea groups is 1. The summed E-state index contributed by atoms with van der Waals surface area (Å²) in [5.41, 5.74) is 1.37. The molecule has 2 heterocycles. The Labute approximate surface area is 206 Å². The molecule has 2 aromatic rings. The maximum absolute atomic E-state index is 12.6. The Bertz CT molecular complexity index is 998. The van der Waals surface area contributed by atoms with Crippen LogP contribution in [0.4, 0.5) is 4.79 Å². The number of hydrogen-bond donors (Lipinski definition) is 1. The molecule has 1 atom stereocenters. The van der Waals surface area contributed by atoms with Crippen molar-refractivity contribution in [1.29, 1.82) is 0 Å². The zero-order chi connectivity index (χ0) is 25.4. The molecule has 1 aromatic heterocycles. The minimum Gasteiger partial charge on any atom is -0.464 e. The molecule has 3 rings (SSSR count). The number of likely N-dealkylation sites (tertiary alicyclic amines) is 1. The zero-order valence-corrected chi connectivity index (χ0v) is 21.0. The number of hydrogen-bond acceptors (Lipinski definition) is 7. The number of esters is 1. The molecule has 190 valence electrons. The van der Waals surface area contributed by atoms with Gasteiger partial charge >= 0.3 is 12.0 Å². The van der Waals surface area contributed by atoms with E-state index in [1.807, 2.05) is 18.7 Å². The van der Waals surface area contributed by atoms with Gasteiger partial charge in [0.2, 0.25) is 0 Å². The number of likely N-dealkylation sites (N-methyl/N-ethyl adjacent to an activating group) is 1. The second kappa shape index (κ2) is 12.3. The van der Waals surface area contributed by atoms with Gasteiger partial charge in [-0.05, 0) is 56.4 Å². The van der Waals surface area contributed by atoms with E-state index in [-0.39, 0.29) is 24.5 Å². The summed E-state index contributed by atoms with van der Waals surface area (Å²) in [7, 11) is 1.64. The normalized spacial score (nSPS) is 14.5. The van der Waals surface area contributed by atoms with Crippen molar-refractivity contribution in [3.63, 3.8) is 0 Å². The van der Waals surface area contributed by atoms with Gasteiger partial charge in [-0.2, -0.15) is 4.98 Å². The second-order valence-corrected chi connectivity index (χ2v) is 9.04. The van der Waals surface area contributed by atoms with Gasteiger partial charge in [0.15, 0.2) is 5.82 Å². The Balaban J connectivity index is 1.53. The number of nitrogens with one attached hydrogen (secondary N) is 1. The van der Waals surface area contributed by atoms with Crippen LogP contribution in [-0.4, -0.2) is 77.2 Å². The van der Waals surface area contributed by atoms with Gasteiger partial charge in [-0.25, -0.2) is 9.59 Å². The molecule has 10 heteroatoms. The van der Waals surface area contributed by atoms with Gasteiger partial charge < -0.3 is 24.4 Å². The molecule has 35 heavy (non-hydrogen) atoms. The van der Waals surface area contributed by atoms with E-state index in [0.717, 1.165) is 31.5 Å². The van der Waals surface area contributed by atoms with Gasteiger partial charge in [0.05, 0.1) is 6.61 Å². The molecule has 0 radical (unpaired) electrons. The van der Waals surface area contributed by atoms with Crippen LogP contribution < -0.4 is 5.32 Å². The van der Waals surface area contributed by atoms with Crippen molar-refractivity contribution in [2.75, 3.05) is 33.3 Å². The third-order valence-electron chi connectivity index (χ3n) is 5.99. The number of carbonyl (C=O) groups excluding carboxylic acids is 3. The quantitative estimate of drug-likeness (QED) is 0.542.